The number of benzene rings is 1. The van der Waals surface area contributed by atoms with Crippen LogP contribution in [0.5, 0.6) is 11.5 Å². The number of nitriles is 1. The van der Waals surface area contributed by atoms with Crippen LogP contribution in [0.15, 0.2) is 18.2 Å². The highest BCUT2D eigenvalue weighted by molar-refractivity contribution is 5.74. The summed E-state index contributed by atoms with van der Waals surface area (Å²) in [4.78, 5) is 19.3. The van der Waals surface area contributed by atoms with E-state index in [-0.39, 0.29) is 42.0 Å². The Balaban J connectivity index is 2.33. The van der Waals surface area contributed by atoms with Gasteiger partial charge in [-0.3, -0.25) is 4.79 Å². The molecule has 1 aromatic heterocycles. The molecule has 2 aromatic rings. The van der Waals surface area contributed by atoms with Gasteiger partial charge in [0.15, 0.2) is 11.5 Å². The minimum atomic E-state index is -0.356. The Kier molecular flexibility index (Phi) is 6.16. The zero-order chi connectivity index (χ0) is 19.1. The van der Waals surface area contributed by atoms with Crippen LogP contribution in [0.2, 0.25) is 0 Å². The van der Waals surface area contributed by atoms with Gasteiger partial charge in [0.2, 0.25) is 5.95 Å². The SMILES string of the molecule is CCOC(=O)CCOc1cc(-c2nc(N)nc(N)c2C#N)ccc1OC. The molecule has 0 saturated heterocycles. The fraction of sp³-hybridized carbons (Fsp3) is 0.294. The van der Waals surface area contributed by atoms with Crippen molar-refractivity contribution in [2.24, 2.45) is 0 Å². The van der Waals surface area contributed by atoms with Crippen molar-refractivity contribution in [3.63, 3.8) is 0 Å². The van der Waals surface area contributed by atoms with Crippen molar-refractivity contribution in [2.75, 3.05) is 31.8 Å². The monoisotopic (exact) mass is 357 g/mol. The molecule has 0 unspecified atom stereocenters. The lowest BCUT2D eigenvalue weighted by molar-refractivity contribution is -0.143. The number of rotatable bonds is 7. The Morgan fingerprint density at radius 1 is 1.27 bits per heavy atom. The van der Waals surface area contributed by atoms with Crippen molar-refractivity contribution in [3.05, 3.63) is 23.8 Å². The number of carbonyl (C=O) groups is 1. The highest BCUT2D eigenvalue weighted by Crippen LogP contribution is 2.34. The molecule has 0 amide bonds. The second-order valence-corrected chi connectivity index (χ2v) is 5.07. The van der Waals surface area contributed by atoms with Crippen molar-refractivity contribution in [3.8, 4) is 28.8 Å². The maximum atomic E-state index is 11.4. The summed E-state index contributed by atoms with van der Waals surface area (Å²) >= 11 is 0. The van der Waals surface area contributed by atoms with Gasteiger partial charge in [-0.25, -0.2) is 4.98 Å². The van der Waals surface area contributed by atoms with Crippen LogP contribution < -0.4 is 20.9 Å². The summed E-state index contributed by atoms with van der Waals surface area (Å²) in [7, 11) is 1.49. The predicted octanol–water partition coefficient (Wildman–Crippen LogP) is 1.52. The van der Waals surface area contributed by atoms with Gasteiger partial charge in [-0.2, -0.15) is 10.2 Å². The van der Waals surface area contributed by atoms with Crippen LogP contribution in [0.4, 0.5) is 11.8 Å². The van der Waals surface area contributed by atoms with Crippen LogP contribution in [-0.2, 0) is 9.53 Å². The van der Waals surface area contributed by atoms with Crippen molar-refractivity contribution in [2.45, 2.75) is 13.3 Å². The molecular weight excluding hydrogens is 338 g/mol. The van der Waals surface area contributed by atoms with Crippen molar-refractivity contribution < 1.29 is 19.0 Å². The minimum Gasteiger partial charge on any atom is -0.493 e. The van der Waals surface area contributed by atoms with Crippen LogP contribution in [0, 0.1) is 11.3 Å². The first kappa shape index (κ1) is 18.8. The van der Waals surface area contributed by atoms with Crippen LogP contribution in [0.1, 0.15) is 18.9 Å². The predicted molar refractivity (Wildman–Crippen MR) is 94.3 cm³/mol. The van der Waals surface area contributed by atoms with Gasteiger partial charge in [0.1, 0.15) is 17.5 Å². The fourth-order valence-electron chi connectivity index (χ4n) is 2.23. The molecule has 9 nitrogen and oxygen atoms in total. The molecule has 0 aliphatic carbocycles. The summed E-state index contributed by atoms with van der Waals surface area (Å²) < 4.78 is 15.7. The number of esters is 1. The van der Waals surface area contributed by atoms with Crippen LogP contribution in [0.3, 0.4) is 0 Å². The quantitative estimate of drug-likeness (QED) is 0.704. The smallest absolute Gasteiger partial charge is 0.309 e. The van der Waals surface area contributed by atoms with Gasteiger partial charge in [-0.1, -0.05) is 0 Å². The Morgan fingerprint density at radius 3 is 2.69 bits per heavy atom. The maximum Gasteiger partial charge on any atom is 0.309 e. The number of methoxy groups -OCH3 is 1. The molecule has 0 saturated carbocycles. The van der Waals surface area contributed by atoms with Gasteiger partial charge < -0.3 is 25.7 Å². The Bertz CT molecular complexity index is 848. The third-order valence-electron chi connectivity index (χ3n) is 3.37. The van der Waals surface area contributed by atoms with Crippen molar-refractivity contribution >= 4 is 17.7 Å². The number of nitrogen functional groups attached to an aromatic ring is 2. The lowest BCUT2D eigenvalue weighted by Gasteiger charge is -2.13. The number of nitrogens with zero attached hydrogens (tertiary/aromatic N) is 3. The molecule has 136 valence electrons. The summed E-state index contributed by atoms with van der Waals surface area (Å²) in [5.74, 6) is 0.443. The standard InChI is InChI=1S/C17H19N5O4/c1-3-25-14(23)6-7-26-13-8-10(4-5-12(13)24-2)15-11(9-18)16(19)22-17(20)21-15/h4-5,8H,3,6-7H2,1-2H3,(H4,19,20,21,22). The zero-order valence-electron chi connectivity index (χ0n) is 14.5. The molecule has 0 bridgehead atoms. The second-order valence-electron chi connectivity index (χ2n) is 5.07. The molecular formula is C17H19N5O4. The number of ether oxygens (including phenoxy) is 3. The van der Waals surface area contributed by atoms with Gasteiger partial charge >= 0.3 is 5.97 Å². The summed E-state index contributed by atoms with van der Waals surface area (Å²) in [5.41, 5.74) is 12.3. The average molecular weight is 357 g/mol. The zero-order valence-corrected chi connectivity index (χ0v) is 14.5. The first-order chi connectivity index (χ1) is 12.5. The Morgan fingerprint density at radius 2 is 2.04 bits per heavy atom. The molecule has 1 heterocycles. The molecule has 0 fully saturated rings. The van der Waals surface area contributed by atoms with Crippen LogP contribution in [-0.4, -0.2) is 36.3 Å². The van der Waals surface area contributed by atoms with Gasteiger partial charge in [0.25, 0.3) is 0 Å². The average Bonchev–Trinajstić information content (AvgIpc) is 2.61. The Hall–Kier alpha value is -3.54. The van der Waals surface area contributed by atoms with E-state index in [1.165, 1.54) is 7.11 Å². The highest BCUT2D eigenvalue weighted by Gasteiger charge is 2.16. The van der Waals surface area contributed by atoms with Crippen LogP contribution in [0.25, 0.3) is 11.3 Å². The number of anilines is 2. The van der Waals surface area contributed by atoms with Gasteiger partial charge in [0.05, 0.1) is 32.4 Å². The topological polar surface area (TPSA) is 146 Å². The lowest BCUT2D eigenvalue weighted by Crippen LogP contribution is -2.10. The van der Waals surface area contributed by atoms with E-state index >= 15 is 0 Å². The lowest BCUT2D eigenvalue weighted by atomic mass is 10.1. The second kappa shape index (κ2) is 8.53. The Labute approximate surface area is 150 Å². The fourth-order valence-corrected chi connectivity index (χ4v) is 2.23. The minimum absolute atomic E-state index is 0.00408. The van der Waals surface area contributed by atoms with E-state index < -0.39 is 0 Å². The molecule has 0 radical (unpaired) electrons. The number of hydrogen-bond acceptors (Lipinski definition) is 9. The molecule has 1 aromatic carbocycles. The van der Waals surface area contributed by atoms with E-state index in [0.717, 1.165) is 0 Å². The summed E-state index contributed by atoms with van der Waals surface area (Å²) in [5, 5.41) is 9.32. The largest absolute Gasteiger partial charge is 0.493 e. The number of nitrogens with two attached hydrogens (primary N) is 2. The van der Waals surface area contributed by atoms with Gasteiger partial charge in [-0.05, 0) is 25.1 Å². The first-order valence-corrected chi connectivity index (χ1v) is 7.80. The number of hydrogen-bond donors (Lipinski definition) is 2. The molecule has 4 N–H and O–H groups in total. The first-order valence-electron chi connectivity index (χ1n) is 7.80. The summed E-state index contributed by atoms with van der Waals surface area (Å²) in [6.45, 7) is 2.15. The molecule has 0 atom stereocenters. The molecule has 2 rings (SSSR count). The van der Waals surface area contributed by atoms with Crippen molar-refractivity contribution in [1.82, 2.24) is 9.97 Å². The van der Waals surface area contributed by atoms with Gasteiger partial charge in [0, 0.05) is 5.56 Å². The maximum absolute atomic E-state index is 11.4. The van der Waals surface area contributed by atoms with Crippen molar-refractivity contribution in [1.29, 1.82) is 5.26 Å². The van der Waals surface area contributed by atoms with E-state index in [1.807, 2.05) is 6.07 Å². The molecule has 0 aliphatic rings. The van der Waals surface area contributed by atoms with E-state index in [4.69, 9.17) is 25.7 Å². The number of carbonyl (C=O) groups excluding carboxylic acids is 1. The third-order valence-corrected chi connectivity index (χ3v) is 3.37. The van der Waals surface area contributed by atoms with E-state index in [9.17, 15) is 10.1 Å². The van der Waals surface area contributed by atoms with Gasteiger partial charge in [-0.15, -0.1) is 0 Å². The van der Waals surface area contributed by atoms with E-state index in [1.54, 1.807) is 25.1 Å². The molecule has 0 spiro atoms. The third kappa shape index (κ3) is 4.30. The molecule has 26 heavy (non-hydrogen) atoms. The number of aromatic nitrogens is 2. The molecule has 9 heteroatoms. The summed E-state index contributed by atoms with van der Waals surface area (Å²) in [6.07, 6.45) is 0.0953. The normalized spacial score (nSPS) is 10.0. The van der Waals surface area contributed by atoms with Crippen LogP contribution >= 0.6 is 0 Å². The van der Waals surface area contributed by atoms with E-state index in [2.05, 4.69) is 9.97 Å². The highest BCUT2D eigenvalue weighted by atomic mass is 16.5. The summed E-state index contributed by atoms with van der Waals surface area (Å²) in [6, 6.07) is 6.95. The van der Waals surface area contributed by atoms with E-state index in [0.29, 0.717) is 23.7 Å². The molecule has 0 aliphatic heterocycles.